The van der Waals surface area contributed by atoms with Crippen molar-refractivity contribution < 1.29 is 37.7 Å². The predicted octanol–water partition coefficient (Wildman–Crippen LogP) is 4.42. The third kappa shape index (κ3) is 6.07. The van der Waals surface area contributed by atoms with Crippen LogP contribution in [0.25, 0.3) is 0 Å². The summed E-state index contributed by atoms with van der Waals surface area (Å²) in [5.41, 5.74) is 0.713. The molecule has 1 fully saturated rings. The van der Waals surface area contributed by atoms with E-state index >= 15 is 0 Å². The Bertz CT molecular complexity index is 991. The molecule has 1 aliphatic heterocycles. The second-order valence-electron chi connectivity index (χ2n) is 7.27. The van der Waals surface area contributed by atoms with Crippen LogP contribution in [0.15, 0.2) is 17.0 Å². The molecule has 1 amide bonds. The van der Waals surface area contributed by atoms with Gasteiger partial charge in [-0.1, -0.05) is 19.6 Å². The molecule has 1 aromatic rings. The average molecular weight is 478 g/mol. The number of aromatic nitrogens is 2. The van der Waals surface area contributed by atoms with Crippen LogP contribution in [0, 0.1) is 6.92 Å². The number of carbonyl (C=O) groups is 2. The fourth-order valence-corrected chi connectivity index (χ4v) is 3.41. The van der Waals surface area contributed by atoms with Gasteiger partial charge in [0.25, 0.3) is 5.91 Å². The fraction of sp³-hybridized carbons (Fsp3) is 0.571. The lowest BCUT2D eigenvalue weighted by Gasteiger charge is -2.25. The van der Waals surface area contributed by atoms with Crippen LogP contribution in [-0.4, -0.2) is 48.2 Å². The highest BCUT2D eigenvalue weighted by molar-refractivity contribution is 6.02. The molecule has 1 saturated heterocycles. The van der Waals surface area contributed by atoms with Crippen molar-refractivity contribution in [2.24, 2.45) is 0 Å². The molecule has 2 heterocycles. The summed E-state index contributed by atoms with van der Waals surface area (Å²) in [7, 11) is 1.18. The lowest BCUT2D eigenvalue weighted by atomic mass is 10.0. The van der Waals surface area contributed by atoms with Crippen LogP contribution in [0.5, 0.6) is 0 Å². The summed E-state index contributed by atoms with van der Waals surface area (Å²) >= 11 is 0. The second kappa shape index (κ2) is 10.3. The molecule has 0 spiro atoms. The quantitative estimate of drug-likeness (QED) is 0.392. The zero-order chi connectivity index (χ0) is 25.0. The molecule has 0 saturated carbocycles. The van der Waals surface area contributed by atoms with Gasteiger partial charge >= 0.3 is 12.1 Å². The number of hydrogen-bond donors (Lipinski definition) is 1. The van der Waals surface area contributed by atoms with Gasteiger partial charge in [-0.25, -0.2) is 13.6 Å². The minimum Gasteiger partial charge on any atom is -0.465 e. The highest BCUT2D eigenvalue weighted by Gasteiger charge is 2.39. The van der Waals surface area contributed by atoms with E-state index in [9.17, 15) is 31.5 Å². The standard InChI is InChI=1S/C19H19F5N4O3.C2H6.H2/c1-10-13(16(29)25-12-8-11(9-12)17(30)31-2)15(27-26-14(10)19(22,23)24)28-6-3-4-18(20,21)5-7-28;1-2;/h3-8H2,1-2H3,(H,25,29);1-2H3;1H. The van der Waals surface area contributed by atoms with Crippen molar-refractivity contribution in [3.8, 4) is 0 Å². The Hall–Kier alpha value is -3.01. The smallest absolute Gasteiger partial charge is 0.435 e. The van der Waals surface area contributed by atoms with E-state index in [4.69, 9.17) is 0 Å². The number of halogens is 5. The Kier molecular flexibility index (Phi) is 8.18. The average Bonchev–Trinajstić information content (AvgIpc) is 2.90. The van der Waals surface area contributed by atoms with Gasteiger partial charge in [-0.15, -0.1) is 10.2 Å². The zero-order valence-electron chi connectivity index (χ0n) is 18.7. The van der Waals surface area contributed by atoms with Crippen molar-refractivity contribution in [3.05, 3.63) is 33.8 Å². The number of methoxy groups -OCH3 is 1. The van der Waals surface area contributed by atoms with Crippen molar-refractivity contribution in [2.45, 2.75) is 58.6 Å². The summed E-state index contributed by atoms with van der Waals surface area (Å²) in [5.74, 6) is -4.66. The molecule has 0 unspecified atom stereocenters. The van der Waals surface area contributed by atoms with Gasteiger partial charge in [-0.3, -0.25) is 4.79 Å². The van der Waals surface area contributed by atoms with Crippen molar-refractivity contribution >= 4 is 17.7 Å². The third-order valence-corrected chi connectivity index (χ3v) is 5.06. The van der Waals surface area contributed by atoms with Crippen LogP contribution < -0.4 is 10.2 Å². The normalized spacial score (nSPS) is 17.4. The van der Waals surface area contributed by atoms with Crippen molar-refractivity contribution in [2.75, 3.05) is 25.1 Å². The molecule has 3 rings (SSSR count). The van der Waals surface area contributed by atoms with Crippen molar-refractivity contribution in [1.29, 1.82) is 0 Å². The van der Waals surface area contributed by atoms with Gasteiger partial charge in [0.2, 0.25) is 5.92 Å². The topological polar surface area (TPSA) is 84.4 Å². The van der Waals surface area contributed by atoms with E-state index in [-0.39, 0.29) is 50.9 Å². The predicted molar refractivity (Wildman–Crippen MR) is 111 cm³/mol. The number of hydrogen-bond acceptors (Lipinski definition) is 6. The van der Waals surface area contributed by atoms with Crippen LogP contribution in [0.4, 0.5) is 27.8 Å². The molecule has 33 heavy (non-hydrogen) atoms. The lowest BCUT2D eigenvalue weighted by molar-refractivity contribution is -0.142. The maximum absolute atomic E-state index is 13.7. The molecule has 1 aliphatic carbocycles. The Labute approximate surface area is 189 Å². The number of ether oxygens (including phenoxy) is 1. The maximum atomic E-state index is 13.7. The van der Waals surface area contributed by atoms with Crippen LogP contribution >= 0.6 is 0 Å². The van der Waals surface area contributed by atoms with Gasteiger partial charge in [0.15, 0.2) is 11.5 Å². The van der Waals surface area contributed by atoms with Crippen molar-refractivity contribution in [3.63, 3.8) is 0 Å². The van der Waals surface area contributed by atoms with E-state index in [1.807, 2.05) is 13.8 Å². The first-order chi connectivity index (χ1) is 15.4. The molecule has 0 atom stereocenters. The summed E-state index contributed by atoms with van der Waals surface area (Å²) in [6, 6.07) is 0. The summed E-state index contributed by atoms with van der Waals surface area (Å²) < 4.78 is 72.0. The summed E-state index contributed by atoms with van der Waals surface area (Å²) in [4.78, 5) is 25.6. The van der Waals surface area contributed by atoms with Gasteiger partial charge in [0, 0.05) is 33.8 Å². The number of alkyl halides is 5. The molecular weight excluding hydrogens is 451 g/mol. The molecule has 7 nitrogen and oxygen atoms in total. The number of nitrogens with one attached hydrogen (secondary N) is 1. The first-order valence-electron chi connectivity index (χ1n) is 10.4. The molecule has 1 N–H and O–H groups in total. The molecule has 2 aliphatic rings. The summed E-state index contributed by atoms with van der Waals surface area (Å²) in [6.07, 6.45) is -5.65. The maximum Gasteiger partial charge on any atom is 0.435 e. The number of amides is 1. The first kappa shape index (κ1) is 26.2. The molecule has 0 radical (unpaired) electrons. The van der Waals surface area contributed by atoms with E-state index in [1.165, 1.54) is 12.0 Å². The Morgan fingerprint density at radius 3 is 2.39 bits per heavy atom. The Balaban J connectivity index is 0.00000188. The summed E-state index contributed by atoms with van der Waals surface area (Å²) in [5, 5.41) is 9.21. The number of rotatable bonds is 4. The molecule has 0 bridgehead atoms. The van der Waals surface area contributed by atoms with E-state index in [1.54, 1.807) is 0 Å². The first-order valence-corrected chi connectivity index (χ1v) is 10.4. The summed E-state index contributed by atoms with van der Waals surface area (Å²) in [6.45, 7) is 4.97. The minimum atomic E-state index is -4.86. The van der Waals surface area contributed by atoms with Crippen LogP contribution in [0.2, 0.25) is 0 Å². The van der Waals surface area contributed by atoms with Crippen LogP contribution in [0.3, 0.4) is 0 Å². The second-order valence-corrected chi connectivity index (χ2v) is 7.27. The monoisotopic (exact) mass is 478 g/mol. The van der Waals surface area contributed by atoms with Gasteiger partial charge in [-0.2, -0.15) is 13.2 Å². The SMILES string of the molecule is CC.COC(=O)C1=C=C(NC(=O)c2c(N3CCCC(F)(F)CC3)nnc(C(F)(F)F)c2C)C1.[HH]. The van der Waals surface area contributed by atoms with E-state index in [2.05, 4.69) is 26.0 Å². The number of esters is 1. The fourth-order valence-electron chi connectivity index (χ4n) is 3.41. The van der Waals surface area contributed by atoms with Gasteiger partial charge in [0.1, 0.15) is 0 Å². The Morgan fingerprint density at radius 2 is 1.82 bits per heavy atom. The lowest BCUT2D eigenvalue weighted by Crippen LogP contribution is -2.34. The molecule has 12 heteroatoms. The molecule has 184 valence electrons. The van der Waals surface area contributed by atoms with Crippen molar-refractivity contribution in [1.82, 2.24) is 15.5 Å². The number of carbonyl (C=O) groups excluding carboxylic acids is 2. The number of nitrogens with zero attached hydrogens (tertiary/aromatic N) is 3. The zero-order valence-corrected chi connectivity index (χ0v) is 18.7. The van der Waals surface area contributed by atoms with Crippen LogP contribution in [-0.2, 0) is 15.7 Å². The minimum absolute atomic E-state index is 0. The third-order valence-electron chi connectivity index (χ3n) is 5.06. The highest BCUT2D eigenvalue weighted by atomic mass is 19.4. The van der Waals surface area contributed by atoms with E-state index < -0.39 is 47.2 Å². The molecular formula is C21H27F5N4O3. The van der Waals surface area contributed by atoms with E-state index in [0.717, 1.165) is 6.92 Å². The van der Waals surface area contributed by atoms with E-state index in [0.29, 0.717) is 0 Å². The molecule has 1 aromatic heterocycles. The Morgan fingerprint density at radius 1 is 1.18 bits per heavy atom. The van der Waals surface area contributed by atoms with Crippen LogP contribution in [0.1, 0.15) is 62.6 Å². The van der Waals surface area contributed by atoms with Gasteiger partial charge in [0.05, 0.1) is 23.9 Å². The molecule has 0 aromatic carbocycles. The largest absolute Gasteiger partial charge is 0.465 e. The number of anilines is 1. The highest BCUT2D eigenvalue weighted by Crippen LogP contribution is 2.35. The van der Waals surface area contributed by atoms with Gasteiger partial charge < -0.3 is 15.0 Å². The van der Waals surface area contributed by atoms with Gasteiger partial charge in [-0.05, 0) is 18.9 Å².